The van der Waals surface area contributed by atoms with E-state index in [1.54, 1.807) is 19.1 Å². The van der Waals surface area contributed by atoms with Gasteiger partial charge >= 0.3 is 18.1 Å². The Hall–Kier alpha value is -1.80. The van der Waals surface area contributed by atoms with E-state index < -0.39 is 24.6 Å². The van der Waals surface area contributed by atoms with Crippen LogP contribution in [0.3, 0.4) is 0 Å². The average molecular weight is 367 g/mol. The fourth-order valence-corrected chi connectivity index (χ4v) is 2.50. The number of ether oxygens (including phenoxy) is 1. The summed E-state index contributed by atoms with van der Waals surface area (Å²) in [6.45, 7) is 1.85. The van der Waals surface area contributed by atoms with E-state index in [1.807, 2.05) is 0 Å². The predicted octanol–water partition coefficient (Wildman–Crippen LogP) is 2.21. The van der Waals surface area contributed by atoms with Gasteiger partial charge in [0, 0.05) is 12.2 Å². The number of amides is 1. The minimum absolute atomic E-state index is 0. The first kappa shape index (κ1) is 20.2. The molecule has 2 rings (SSSR count). The van der Waals surface area contributed by atoms with Gasteiger partial charge < -0.3 is 10.1 Å². The third-order valence-electron chi connectivity index (χ3n) is 3.49. The summed E-state index contributed by atoms with van der Waals surface area (Å²) < 4.78 is 43.4. The van der Waals surface area contributed by atoms with Crippen LogP contribution in [0.5, 0.6) is 0 Å². The summed E-state index contributed by atoms with van der Waals surface area (Å²) >= 11 is 0. The maximum atomic E-state index is 12.9. The van der Waals surface area contributed by atoms with Crippen LogP contribution in [0.2, 0.25) is 0 Å². The van der Waals surface area contributed by atoms with Crippen LogP contribution in [0.25, 0.3) is 0 Å². The molecule has 1 heterocycles. The van der Waals surface area contributed by atoms with Gasteiger partial charge in [0.2, 0.25) is 0 Å². The van der Waals surface area contributed by atoms with Gasteiger partial charge in [0.15, 0.2) is 0 Å². The second-order valence-electron chi connectivity index (χ2n) is 5.04. The zero-order valence-electron chi connectivity index (χ0n) is 13.0. The van der Waals surface area contributed by atoms with Crippen LogP contribution in [-0.2, 0) is 27.3 Å². The molecule has 5 nitrogen and oxygen atoms in total. The van der Waals surface area contributed by atoms with Gasteiger partial charge in [0.1, 0.15) is 6.54 Å². The van der Waals surface area contributed by atoms with Crippen molar-refractivity contribution in [2.24, 2.45) is 0 Å². The minimum atomic E-state index is -5.07. The molecular formula is C15H18ClF3N2O3. The number of halogens is 4. The minimum Gasteiger partial charge on any atom is -0.465 e. The number of alkyl halides is 3. The summed E-state index contributed by atoms with van der Waals surface area (Å²) in [6.07, 6.45) is -4.42. The number of nitrogens with zero attached hydrogens (tertiary/aromatic N) is 1. The van der Waals surface area contributed by atoms with Crippen LogP contribution >= 0.6 is 12.4 Å². The largest absolute Gasteiger partial charge is 0.471 e. The summed E-state index contributed by atoms with van der Waals surface area (Å²) in [5, 5.41) is 3.06. The molecule has 0 radical (unpaired) electrons. The predicted molar refractivity (Wildman–Crippen MR) is 84.1 cm³/mol. The number of nitrogens with one attached hydrogen (secondary N) is 1. The van der Waals surface area contributed by atoms with Crippen LogP contribution in [0, 0.1) is 0 Å². The number of carbonyl (C=O) groups is 2. The first-order valence-corrected chi connectivity index (χ1v) is 7.20. The topological polar surface area (TPSA) is 58.6 Å². The van der Waals surface area contributed by atoms with E-state index in [4.69, 9.17) is 0 Å². The zero-order valence-corrected chi connectivity index (χ0v) is 13.8. The average Bonchev–Trinajstić information content (AvgIpc) is 2.51. The molecule has 24 heavy (non-hydrogen) atoms. The molecule has 0 bridgehead atoms. The lowest BCUT2D eigenvalue weighted by Crippen LogP contribution is -2.45. The lowest BCUT2D eigenvalue weighted by Gasteiger charge is -2.28. The molecule has 0 spiro atoms. The summed E-state index contributed by atoms with van der Waals surface area (Å²) in [4.78, 5) is 23.8. The Morgan fingerprint density at radius 2 is 2.04 bits per heavy atom. The summed E-state index contributed by atoms with van der Waals surface area (Å²) in [5.74, 6) is -2.96. The van der Waals surface area contributed by atoms with E-state index in [1.165, 1.54) is 6.07 Å². The monoisotopic (exact) mass is 366 g/mol. The van der Waals surface area contributed by atoms with E-state index in [2.05, 4.69) is 10.1 Å². The van der Waals surface area contributed by atoms with Crippen LogP contribution < -0.4 is 10.2 Å². The molecule has 0 fully saturated rings. The quantitative estimate of drug-likeness (QED) is 0.830. The highest BCUT2D eigenvalue weighted by atomic mass is 35.5. The van der Waals surface area contributed by atoms with Crippen molar-refractivity contribution in [2.45, 2.75) is 26.1 Å². The SMILES string of the molecule is CCOC(=O)CN(C(=O)C(F)(F)F)c1cccc2c1CNCC2.Cl. The number of esters is 1. The second kappa shape index (κ2) is 8.34. The fraction of sp³-hybridized carbons (Fsp3) is 0.467. The first-order chi connectivity index (χ1) is 10.8. The Morgan fingerprint density at radius 3 is 2.67 bits per heavy atom. The smallest absolute Gasteiger partial charge is 0.465 e. The molecule has 0 atom stereocenters. The summed E-state index contributed by atoms with van der Waals surface area (Å²) in [6, 6.07) is 4.80. The van der Waals surface area contributed by atoms with Crippen molar-refractivity contribution in [3.8, 4) is 0 Å². The molecule has 1 amide bonds. The number of anilines is 1. The third-order valence-corrected chi connectivity index (χ3v) is 3.49. The van der Waals surface area contributed by atoms with Crippen LogP contribution in [0.4, 0.5) is 18.9 Å². The number of hydrogen-bond donors (Lipinski definition) is 1. The Bertz CT molecular complexity index is 608. The van der Waals surface area contributed by atoms with Gasteiger partial charge in [0.05, 0.1) is 6.61 Å². The van der Waals surface area contributed by atoms with Gasteiger partial charge in [0.25, 0.3) is 0 Å². The van der Waals surface area contributed by atoms with Gasteiger partial charge in [-0.15, -0.1) is 12.4 Å². The Kier molecular flexibility index (Phi) is 7.04. The van der Waals surface area contributed by atoms with Gasteiger partial charge in [-0.2, -0.15) is 13.2 Å². The maximum Gasteiger partial charge on any atom is 0.471 e. The highest BCUT2D eigenvalue weighted by Crippen LogP contribution is 2.30. The van der Waals surface area contributed by atoms with E-state index in [9.17, 15) is 22.8 Å². The highest BCUT2D eigenvalue weighted by molar-refractivity contribution is 6.01. The van der Waals surface area contributed by atoms with E-state index in [0.29, 0.717) is 30.0 Å². The molecular weight excluding hydrogens is 349 g/mol. The number of carbonyl (C=O) groups excluding carboxylic acids is 2. The third kappa shape index (κ3) is 4.61. The van der Waals surface area contributed by atoms with E-state index >= 15 is 0 Å². The Morgan fingerprint density at radius 1 is 1.33 bits per heavy atom. The molecule has 9 heteroatoms. The van der Waals surface area contributed by atoms with Crippen LogP contribution in [0.15, 0.2) is 18.2 Å². The molecule has 134 valence electrons. The molecule has 0 saturated carbocycles. The standard InChI is InChI=1S/C15H17F3N2O3.ClH/c1-2-23-13(21)9-20(14(22)15(16,17)18)12-5-3-4-10-6-7-19-8-11(10)12;/h3-5,19H,2,6-9H2,1H3;1H. The van der Waals surface area contributed by atoms with Crippen molar-refractivity contribution >= 4 is 30.0 Å². The number of fused-ring (bicyclic) bond motifs is 1. The lowest BCUT2D eigenvalue weighted by molar-refractivity contribution is -0.171. The maximum absolute atomic E-state index is 12.9. The molecule has 1 aliphatic heterocycles. The van der Waals surface area contributed by atoms with Crippen molar-refractivity contribution in [2.75, 3.05) is 24.6 Å². The molecule has 1 aliphatic rings. The number of rotatable bonds is 4. The summed E-state index contributed by atoms with van der Waals surface area (Å²) in [7, 11) is 0. The van der Waals surface area contributed by atoms with Gasteiger partial charge in [-0.1, -0.05) is 12.1 Å². The molecule has 1 aromatic rings. The van der Waals surface area contributed by atoms with Crippen molar-refractivity contribution < 1.29 is 27.5 Å². The van der Waals surface area contributed by atoms with E-state index in [0.717, 1.165) is 5.56 Å². The van der Waals surface area contributed by atoms with Gasteiger partial charge in [-0.05, 0) is 37.1 Å². The highest BCUT2D eigenvalue weighted by Gasteiger charge is 2.44. The molecule has 0 aliphatic carbocycles. The van der Waals surface area contributed by atoms with Gasteiger partial charge in [-0.25, -0.2) is 0 Å². The number of hydrogen-bond acceptors (Lipinski definition) is 4. The lowest BCUT2D eigenvalue weighted by atomic mass is 9.98. The second-order valence-corrected chi connectivity index (χ2v) is 5.04. The Labute approximate surface area is 143 Å². The zero-order chi connectivity index (χ0) is 17.0. The number of benzene rings is 1. The fourth-order valence-electron chi connectivity index (χ4n) is 2.50. The molecule has 1 N–H and O–H groups in total. The van der Waals surface area contributed by atoms with Gasteiger partial charge in [-0.3, -0.25) is 14.5 Å². The molecule has 0 unspecified atom stereocenters. The van der Waals surface area contributed by atoms with Crippen molar-refractivity contribution in [3.05, 3.63) is 29.3 Å². The summed E-state index contributed by atoms with van der Waals surface area (Å²) in [5.41, 5.74) is 1.55. The normalized spacial score (nSPS) is 13.5. The molecule has 0 saturated heterocycles. The molecule has 1 aromatic carbocycles. The molecule has 0 aromatic heterocycles. The van der Waals surface area contributed by atoms with E-state index in [-0.39, 0.29) is 24.7 Å². The van der Waals surface area contributed by atoms with Crippen molar-refractivity contribution in [1.29, 1.82) is 0 Å². The van der Waals surface area contributed by atoms with Crippen LogP contribution in [0.1, 0.15) is 18.1 Å². The Balaban J connectivity index is 0.00000288. The first-order valence-electron chi connectivity index (χ1n) is 7.20. The van der Waals surface area contributed by atoms with Crippen molar-refractivity contribution in [1.82, 2.24) is 5.32 Å². The van der Waals surface area contributed by atoms with Crippen LogP contribution in [-0.4, -0.2) is 37.7 Å². The van der Waals surface area contributed by atoms with Crippen molar-refractivity contribution in [3.63, 3.8) is 0 Å².